The van der Waals surface area contributed by atoms with Gasteiger partial charge in [0.15, 0.2) is 0 Å². The maximum atomic E-state index is 7.40. The lowest BCUT2D eigenvalue weighted by atomic mass is 9.86. The van der Waals surface area contributed by atoms with Gasteiger partial charge in [-0.15, -0.1) is 0 Å². The van der Waals surface area contributed by atoms with Crippen molar-refractivity contribution >= 4 is 11.6 Å². The van der Waals surface area contributed by atoms with Crippen molar-refractivity contribution in [2.75, 3.05) is 32.8 Å². The summed E-state index contributed by atoms with van der Waals surface area (Å²) in [5.41, 5.74) is 4.16. The number of halogens is 1. The molecular formula is C22H34ClN3. The highest BCUT2D eigenvalue weighted by molar-refractivity contribution is 6.25. The summed E-state index contributed by atoms with van der Waals surface area (Å²) in [5.74, 6) is 0. The quantitative estimate of drug-likeness (QED) is 0.439. The first kappa shape index (κ1) is 19.9. The van der Waals surface area contributed by atoms with Gasteiger partial charge in [-0.25, -0.2) is 0 Å². The fourth-order valence-electron chi connectivity index (χ4n) is 4.49. The number of hydrogen-bond donors (Lipinski definition) is 1. The molecule has 0 aliphatic carbocycles. The minimum Gasteiger partial charge on any atom is -0.303 e. The lowest BCUT2D eigenvalue weighted by Gasteiger charge is -2.45. The molecule has 2 aliphatic heterocycles. The third kappa shape index (κ3) is 4.17. The first-order valence-corrected chi connectivity index (χ1v) is 10.6. The second-order valence-corrected chi connectivity index (χ2v) is 8.57. The topological polar surface area (TPSA) is 18.5 Å². The molecule has 0 amide bonds. The van der Waals surface area contributed by atoms with Crippen molar-refractivity contribution in [3.05, 3.63) is 47.0 Å². The van der Waals surface area contributed by atoms with E-state index in [0.29, 0.717) is 0 Å². The maximum absolute atomic E-state index is 7.40. The largest absolute Gasteiger partial charge is 0.303 e. The van der Waals surface area contributed by atoms with Gasteiger partial charge in [-0.05, 0) is 44.2 Å². The van der Waals surface area contributed by atoms with E-state index >= 15 is 0 Å². The van der Waals surface area contributed by atoms with Gasteiger partial charge < -0.3 is 5.32 Å². The standard InChI is InChI=1S/C22H34ClN3/c1-4-18(2)20(22(3,23)26-14-9-6-10-15-26)21(25-16-13-24-17-25)19-11-7-5-8-12-19/h5,7-8,11-12,21,24H,4,6,9-10,13-17H2,1-3H3. The Hall–Kier alpha value is -0.870. The van der Waals surface area contributed by atoms with E-state index in [-0.39, 0.29) is 6.04 Å². The van der Waals surface area contributed by atoms with Crippen LogP contribution in [0.25, 0.3) is 0 Å². The zero-order valence-electron chi connectivity index (χ0n) is 16.6. The molecule has 0 saturated carbocycles. The normalized spacial score (nSPS) is 24.2. The van der Waals surface area contributed by atoms with E-state index in [1.165, 1.54) is 36.0 Å². The first-order chi connectivity index (χ1) is 12.6. The van der Waals surface area contributed by atoms with Gasteiger partial charge in [0.2, 0.25) is 0 Å². The number of allylic oxidation sites excluding steroid dienone is 1. The number of nitrogens with one attached hydrogen (secondary N) is 1. The van der Waals surface area contributed by atoms with Crippen molar-refractivity contribution < 1.29 is 0 Å². The van der Waals surface area contributed by atoms with Crippen LogP contribution in [0.3, 0.4) is 0 Å². The van der Waals surface area contributed by atoms with E-state index in [1.807, 2.05) is 0 Å². The van der Waals surface area contributed by atoms with Crippen LogP contribution >= 0.6 is 11.6 Å². The number of rotatable bonds is 6. The van der Waals surface area contributed by atoms with Gasteiger partial charge in [0.1, 0.15) is 5.00 Å². The lowest BCUT2D eigenvalue weighted by molar-refractivity contribution is 0.145. The van der Waals surface area contributed by atoms with Crippen LogP contribution in [0.5, 0.6) is 0 Å². The minimum atomic E-state index is -0.441. The molecule has 1 aromatic rings. The highest BCUT2D eigenvalue weighted by atomic mass is 35.5. The van der Waals surface area contributed by atoms with Crippen LogP contribution in [0.15, 0.2) is 41.5 Å². The Morgan fingerprint density at radius 1 is 1.15 bits per heavy atom. The van der Waals surface area contributed by atoms with Crippen molar-refractivity contribution in [1.82, 2.24) is 15.1 Å². The number of benzene rings is 1. The highest BCUT2D eigenvalue weighted by Crippen LogP contribution is 2.44. The van der Waals surface area contributed by atoms with Crippen LogP contribution in [0.2, 0.25) is 0 Å². The van der Waals surface area contributed by atoms with Crippen LogP contribution in [-0.4, -0.2) is 47.6 Å². The lowest BCUT2D eigenvalue weighted by Crippen LogP contribution is -2.49. The molecule has 2 atom stereocenters. The minimum absolute atomic E-state index is 0.232. The molecule has 3 nitrogen and oxygen atoms in total. The van der Waals surface area contributed by atoms with Crippen molar-refractivity contribution in [1.29, 1.82) is 0 Å². The van der Waals surface area contributed by atoms with E-state index in [9.17, 15) is 0 Å². The zero-order chi connectivity index (χ0) is 18.6. The SMILES string of the molecule is CCC(C)=C(C(c1ccccc1)N1CCNC1)C(C)(Cl)N1CCCCC1. The monoisotopic (exact) mass is 375 g/mol. The molecule has 0 radical (unpaired) electrons. The van der Waals surface area contributed by atoms with E-state index in [0.717, 1.165) is 39.3 Å². The third-order valence-electron chi connectivity index (χ3n) is 6.08. The smallest absolute Gasteiger partial charge is 0.117 e. The van der Waals surface area contributed by atoms with E-state index in [2.05, 4.69) is 66.2 Å². The van der Waals surface area contributed by atoms with Gasteiger partial charge in [-0.3, -0.25) is 9.80 Å². The Morgan fingerprint density at radius 2 is 1.85 bits per heavy atom. The molecule has 0 bridgehead atoms. The van der Waals surface area contributed by atoms with Crippen LogP contribution in [0.1, 0.15) is 58.1 Å². The zero-order valence-corrected chi connectivity index (χ0v) is 17.4. The second-order valence-electron chi connectivity index (χ2n) is 7.83. The second kappa shape index (κ2) is 8.88. The summed E-state index contributed by atoms with van der Waals surface area (Å²) in [6, 6.07) is 11.2. The van der Waals surface area contributed by atoms with Crippen molar-refractivity contribution in [3.8, 4) is 0 Å². The highest BCUT2D eigenvalue weighted by Gasteiger charge is 2.41. The molecule has 2 heterocycles. The Morgan fingerprint density at radius 3 is 2.42 bits per heavy atom. The molecule has 2 aliphatic rings. The van der Waals surface area contributed by atoms with Gasteiger partial charge in [-0.2, -0.15) is 0 Å². The van der Waals surface area contributed by atoms with Crippen molar-refractivity contribution in [2.24, 2.45) is 0 Å². The summed E-state index contributed by atoms with van der Waals surface area (Å²) in [5, 5.41) is 3.51. The molecule has 1 aromatic carbocycles. The Labute approximate surface area is 164 Å². The Bertz CT molecular complexity index is 599. The van der Waals surface area contributed by atoms with Crippen LogP contribution in [0, 0.1) is 0 Å². The molecule has 0 aromatic heterocycles. The number of hydrogen-bond acceptors (Lipinski definition) is 3. The molecular weight excluding hydrogens is 342 g/mol. The molecule has 3 rings (SSSR count). The number of nitrogens with zero attached hydrogens (tertiary/aromatic N) is 2. The number of likely N-dealkylation sites (tertiary alicyclic amines) is 1. The Kier molecular flexibility index (Phi) is 6.79. The van der Waals surface area contributed by atoms with Gasteiger partial charge >= 0.3 is 0 Å². The Balaban J connectivity index is 2.06. The molecule has 0 spiro atoms. The van der Waals surface area contributed by atoms with Gasteiger partial charge in [0, 0.05) is 32.8 Å². The van der Waals surface area contributed by atoms with Gasteiger partial charge in [0.05, 0.1) is 6.04 Å². The fourth-order valence-corrected chi connectivity index (χ4v) is 4.92. The van der Waals surface area contributed by atoms with Crippen LogP contribution in [0.4, 0.5) is 0 Å². The molecule has 2 saturated heterocycles. The van der Waals surface area contributed by atoms with E-state index < -0.39 is 5.00 Å². The summed E-state index contributed by atoms with van der Waals surface area (Å²) in [4.78, 5) is 4.62. The maximum Gasteiger partial charge on any atom is 0.117 e. The summed E-state index contributed by atoms with van der Waals surface area (Å²) in [7, 11) is 0. The van der Waals surface area contributed by atoms with Crippen LogP contribution in [-0.2, 0) is 0 Å². The summed E-state index contributed by atoms with van der Waals surface area (Å²) in [6.07, 6.45) is 4.87. The third-order valence-corrected chi connectivity index (χ3v) is 6.52. The summed E-state index contributed by atoms with van der Waals surface area (Å²) >= 11 is 7.40. The van der Waals surface area contributed by atoms with Gasteiger partial charge in [0.25, 0.3) is 0 Å². The predicted molar refractivity (Wildman–Crippen MR) is 111 cm³/mol. The van der Waals surface area contributed by atoms with Crippen molar-refractivity contribution in [3.63, 3.8) is 0 Å². The number of piperidine rings is 1. The number of alkyl halides is 1. The first-order valence-electron chi connectivity index (χ1n) is 10.2. The summed E-state index contributed by atoms with van der Waals surface area (Å²) in [6.45, 7) is 12.0. The van der Waals surface area contributed by atoms with Gasteiger partial charge in [-0.1, -0.05) is 60.9 Å². The van der Waals surface area contributed by atoms with Crippen LogP contribution < -0.4 is 5.32 Å². The molecule has 1 N–H and O–H groups in total. The molecule has 4 heteroatoms. The fraction of sp³-hybridized carbons (Fsp3) is 0.636. The molecule has 144 valence electrons. The average molecular weight is 376 g/mol. The van der Waals surface area contributed by atoms with E-state index in [1.54, 1.807) is 0 Å². The molecule has 2 unspecified atom stereocenters. The van der Waals surface area contributed by atoms with E-state index in [4.69, 9.17) is 11.6 Å². The molecule has 2 fully saturated rings. The predicted octanol–water partition coefficient (Wildman–Crippen LogP) is 4.76. The van der Waals surface area contributed by atoms with Crippen molar-refractivity contribution in [2.45, 2.75) is 57.5 Å². The molecule has 26 heavy (non-hydrogen) atoms. The average Bonchev–Trinajstić information content (AvgIpc) is 3.21. The summed E-state index contributed by atoms with van der Waals surface area (Å²) < 4.78 is 0.